The van der Waals surface area contributed by atoms with Gasteiger partial charge in [0, 0.05) is 20.3 Å². The van der Waals surface area contributed by atoms with E-state index in [2.05, 4.69) is 5.32 Å². The number of hydrogen-bond donors (Lipinski definition) is 1. The Balaban J connectivity index is 2.42. The molecule has 1 aliphatic rings. The first-order chi connectivity index (χ1) is 6.98. The van der Waals surface area contributed by atoms with Gasteiger partial charge in [0.1, 0.15) is 0 Å². The van der Waals surface area contributed by atoms with Gasteiger partial charge >= 0.3 is 0 Å². The third kappa shape index (κ3) is 3.71. The Morgan fingerprint density at radius 3 is 2.33 bits per heavy atom. The Morgan fingerprint density at radius 1 is 1.33 bits per heavy atom. The van der Waals surface area contributed by atoms with Gasteiger partial charge < -0.3 is 14.8 Å². The standard InChI is InChI=1S/C9H19NO4S/c1-7(9(13-2)14-3)10-8-4-5-15(11,12)6-8/h7-10H,4-6H2,1-3H3. The summed E-state index contributed by atoms with van der Waals surface area (Å²) in [6, 6.07) is 0.0103. The monoisotopic (exact) mass is 237 g/mol. The summed E-state index contributed by atoms with van der Waals surface area (Å²) in [5.74, 6) is 0.500. The quantitative estimate of drug-likeness (QED) is 0.669. The lowest BCUT2D eigenvalue weighted by Crippen LogP contribution is -2.45. The van der Waals surface area contributed by atoms with E-state index in [0.717, 1.165) is 0 Å². The molecule has 2 atom stereocenters. The van der Waals surface area contributed by atoms with Gasteiger partial charge in [-0.2, -0.15) is 0 Å². The molecule has 0 aliphatic carbocycles. The fourth-order valence-electron chi connectivity index (χ4n) is 1.88. The molecule has 1 rings (SSSR count). The Labute approximate surface area is 91.1 Å². The Morgan fingerprint density at radius 2 is 1.93 bits per heavy atom. The molecule has 15 heavy (non-hydrogen) atoms. The van der Waals surface area contributed by atoms with Crippen molar-refractivity contribution in [1.82, 2.24) is 5.32 Å². The van der Waals surface area contributed by atoms with Gasteiger partial charge in [-0.15, -0.1) is 0 Å². The Hall–Kier alpha value is -0.170. The molecule has 90 valence electrons. The van der Waals surface area contributed by atoms with E-state index in [0.29, 0.717) is 6.42 Å². The average molecular weight is 237 g/mol. The van der Waals surface area contributed by atoms with E-state index < -0.39 is 9.84 Å². The summed E-state index contributed by atoms with van der Waals surface area (Å²) in [7, 11) is 0.310. The van der Waals surface area contributed by atoms with Gasteiger partial charge in [0.25, 0.3) is 0 Å². The van der Waals surface area contributed by atoms with E-state index in [1.54, 1.807) is 14.2 Å². The van der Waals surface area contributed by atoms with Crippen molar-refractivity contribution in [2.24, 2.45) is 0 Å². The van der Waals surface area contributed by atoms with Gasteiger partial charge in [-0.05, 0) is 13.3 Å². The van der Waals surface area contributed by atoms with Crippen molar-refractivity contribution >= 4 is 9.84 Å². The first kappa shape index (κ1) is 12.9. The van der Waals surface area contributed by atoms with Crippen LogP contribution in [0.1, 0.15) is 13.3 Å². The predicted molar refractivity (Wildman–Crippen MR) is 57.5 cm³/mol. The average Bonchev–Trinajstić information content (AvgIpc) is 2.47. The van der Waals surface area contributed by atoms with Crippen molar-refractivity contribution in [2.75, 3.05) is 25.7 Å². The maximum Gasteiger partial charge on any atom is 0.171 e. The van der Waals surface area contributed by atoms with Crippen molar-refractivity contribution in [3.05, 3.63) is 0 Å². The molecule has 1 aliphatic heterocycles. The van der Waals surface area contributed by atoms with Crippen molar-refractivity contribution < 1.29 is 17.9 Å². The van der Waals surface area contributed by atoms with Gasteiger partial charge in [-0.3, -0.25) is 0 Å². The molecular formula is C9H19NO4S. The third-order valence-electron chi connectivity index (χ3n) is 2.60. The summed E-state index contributed by atoms with van der Waals surface area (Å²) in [4.78, 5) is 0. The lowest BCUT2D eigenvalue weighted by molar-refractivity contribution is -0.120. The van der Waals surface area contributed by atoms with Crippen LogP contribution >= 0.6 is 0 Å². The van der Waals surface area contributed by atoms with E-state index in [-0.39, 0.29) is 29.9 Å². The van der Waals surface area contributed by atoms with E-state index >= 15 is 0 Å². The molecule has 0 radical (unpaired) electrons. The number of methoxy groups -OCH3 is 2. The van der Waals surface area contributed by atoms with E-state index in [9.17, 15) is 8.42 Å². The second kappa shape index (κ2) is 5.25. The SMILES string of the molecule is COC(OC)C(C)NC1CCS(=O)(=O)C1. The summed E-state index contributed by atoms with van der Waals surface area (Å²) < 4.78 is 32.6. The highest BCUT2D eigenvalue weighted by atomic mass is 32.2. The fraction of sp³-hybridized carbons (Fsp3) is 1.00. The zero-order valence-electron chi connectivity index (χ0n) is 9.39. The minimum atomic E-state index is -2.82. The van der Waals surface area contributed by atoms with Crippen molar-refractivity contribution in [2.45, 2.75) is 31.7 Å². The topological polar surface area (TPSA) is 64.6 Å². The lowest BCUT2D eigenvalue weighted by atomic mass is 10.2. The highest BCUT2D eigenvalue weighted by Gasteiger charge is 2.30. The molecule has 0 aromatic heterocycles. The van der Waals surface area contributed by atoms with Crippen LogP contribution in [0.2, 0.25) is 0 Å². The van der Waals surface area contributed by atoms with Crippen LogP contribution in [0.25, 0.3) is 0 Å². The molecule has 0 spiro atoms. The van der Waals surface area contributed by atoms with Gasteiger partial charge in [0.2, 0.25) is 0 Å². The minimum Gasteiger partial charge on any atom is -0.354 e. The van der Waals surface area contributed by atoms with Crippen molar-refractivity contribution in [3.63, 3.8) is 0 Å². The van der Waals surface area contributed by atoms with Crippen molar-refractivity contribution in [1.29, 1.82) is 0 Å². The van der Waals surface area contributed by atoms with Gasteiger partial charge in [-0.25, -0.2) is 8.42 Å². The molecule has 0 aromatic carbocycles. The minimum absolute atomic E-state index is 0.0155. The van der Waals surface area contributed by atoms with Crippen LogP contribution in [-0.2, 0) is 19.3 Å². The van der Waals surface area contributed by atoms with Gasteiger partial charge in [0.05, 0.1) is 17.5 Å². The second-order valence-corrected chi connectivity index (χ2v) is 6.12. The van der Waals surface area contributed by atoms with Crippen LogP contribution in [0.5, 0.6) is 0 Å². The maximum absolute atomic E-state index is 11.2. The summed E-state index contributed by atoms with van der Waals surface area (Å²) >= 11 is 0. The summed E-state index contributed by atoms with van der Waals surface area (Å²) in [6.45, 7) is 1.92. The van der Waals surface area contributed by atoms with Crippen LogP contribution in [0.4, 0.5) is 0 Å². The molecule has 0 aromatic rings. The van der Waals surface area contributed by atoms with Crippen LogP contribution < -0.4 is 5.32 Å². The first-order valence-electron chi connectivity index (χ1n) is 5.00. The fourth-order valence-corrected chi connectivity index (χ4v) is 3.57. The summed E-state index contributed by atoms with van der Waals surface area (Å²) in [5.41, 5.74) is 0. The molecular weight excluding hydrogens is 218 g/mol. The lowest BCUT2D eigenvalue weighted by Gasteiger charge is -2.24. The largest absolute Gasteiger partial charge is 0.354 e. The van der Waals surface area contributed by atoms with Crippen LogP contribution in [0.3, 0.4) is 0 Å². The predicted octanol–water partition coefficient (Wildman–Crippen LogP) is -0.229. The molecule has 0 saturated carbocycles. The number of nitrogens with one attached hydrogen (secondary N) is 1. The molecule has 1 saturated heterocycles. The summed E-state index contributed by atoms with van der Waals surface area (Å²) in [6.07, 6.45) is 0.334. The molecule has 5 nitrogen and oxygen atoms in total. The molecule has 0 bridgehead atoms. The Bertz CT molecular complexity index is 286. The number of ether oxygens (including phenoxy) is 2. The zero-order chi connectivity index (χ0) is 11.5. The first-order valence-corrected chi connectivity index (χ1v) is 6.82. The second-order valence-electron chi connectivity index (χ2n) is 3.90. The number of rotatable bonds is 5. The summed E-state index contributed by atoms with van der Waals surface area (Å²) in [5, 5.41) is 3.21. The number of sulfone groups is 1. The van der Waals surface area contributed by atoms with Crippen LogP contribution in [0.15, 0.2) is 0 Å². The van der Waals surface area contributed by atoms with Gasteiger partial charge in [-0.1, -0.05) is 0 Å². The van der Waals surface area contributed by atoms with E-state index in [4.69, 9.17) is 9.47 Å². The van der Waals surface area contributed by atoms with Gasteiger partial charge in [0.15, 0.2) is 16.1 Å². The molecule has 2 unspecified atom stereocenters. The van der Waals surface area contributed by atoms with E-state index in [1.165, 1.54) is 0 Å². The molecule has 6 heteroatoms. The smallest absolute Gasteiger partial charge is 0.171 e. The van der Waals surface area contributed by atoms with Crippen molar-refractivity contribution in [3.8, 4) is 0 Å². The third-order valence-corrected chi connectivity index (χ3v) is 4.37. The van der Waals surface area contributed by atoms with Crippen LogP contribution in [-0.4, -0.2) is 52.5 Å². The van der Waals surface area contributed by atoms with E-state index in [1.807, 2.05) is 6.92 Å². The maximum atomic E-state index is 11.2. The van der Waals surface area contributed by atoms with Crippen LogP contribution in [0, 0.1) is 0 Å². The zero-order valence-corrected chi connectivity index (χ0v) is 10.2. The Kier molecular flexibility index (Phi) is 4.51. The molecule has 1 heterocycles. The normalized spacial score (nSPS) is 27.1. The molecule has 1 fully saturated rings. The molecule has 0 amide bonds. The number of hydrogen-bond acceptors (Lipinski definition) is 5. The molecule has 1 N–H and O–H groups in total. The highest BCUT2D eigenvalue weighted by molar-refractivity contribution is 7.91. The highest BCUT2D eigenvalue weighted by Crippen LogP contribution is 2.13.